The van der Waals surface area contributed by atoms with Crippen molar-refractivity contribution in [2.24, 2.45) is 5.92 Å². The third kappa shape index (κ3) is 2.11. The van der Waals surface area contributed by atoms with Crippen LogP contribution in [-0.2, 0) is 9.59 Å². The number of carbonyl (C=O) groups excluding carboxylic acids is 2. The fourth-order valence-corrected chi connectivity index (χ4v) is 3.21. The Morgan fingerprint density at radius 1 is 1.43 bits per heavy atom. The molecule has 21 heavy (non-hydrogen) atoms. The molecule has 1 aliphatic carbocycles. The summed E-state index contributed by atoms with van der Waals surface area (Å²) >= 11 is 0. The van der Waals surface area contributed by atoms with Crippen LogP contribution in [0.2, 0.25) is 0 Å². The molecule has 5 heteroatoms. The Hall–Kier alpha value is -1.91. The van der Waals surface area contributed by atoms with Crippen LogP contribution in [0.3, 0.4) is 0 Å². The van der Waals surface area contributed by atoms with Crippen LogP contribution in [0, 0.1) is 12.8 Å². The lowest BCUT2D eigenvalue weighted by Gasteiger charge is -2.44. The van der Waals surface area contributed by atoms with Crippen molar-refractivity contribution in [3.05, 3.63) is 24.0 Å². The Kier molecular flexibility index (Phi) is 3.23. The lowest BCUT2D eigenvalue weighted by Crippen LogP contribution is -2.70. The third-order valence-electron chi connectivity index (χ3n) is 4.68. The molecule has 2 atom stereocenters. The van der Waals surface area contributed by atoms with Crippen molar-refractivity contribution in [3.63, 3.8) is 0 Å². The first kappa shape index (κ1) is 14.0. The number of amides is 2. The Morgan fingerprint density at radius 2 is 2.14 bits per heavy atom. The van der Waals surface area contributed by atoms with Gasteiger partial charge in [0.05, 0.1) is 11.4 Å². The highest BCUT2D eigenvalue weighted by molar-refractivity contribution is 6.11. The molecule has 0 radical (unpaired) electrons. The summed E-state index contributed by atoms with van der Waals surface area (Å²) in [6.45, 7) is 5.65. The van der Waals surface area contributed by atoms with Gasteiger partial charge in [0.15, 0.2) is 0 Å². The minimum atomic E-state index is -0.773. The second-order valence-electron chi connectivity index (χ2n) is 6.17. The number of hydrogen-bond donors (Lipinski definition) is 1. The van der Waals surface area contributed by atoms with Gasteiger partial charge in [0.25, 0.3) is 5.91 Å². The molecule has 2 fully saturated rings. The number of nitrogens with one attached hydrogen (secondary N) is 1. The summed E-state index contributed by atoms with van der Waals surface area (Å²) in [5, 5.41) is 2.97. The molecule has 1 aliphatic heterocycles. The van der Waals surface area contributed by atoms with Crippen LogP contribution in [-0.4, -0.2) is 28.4 Å². The maximum absolute atomic E-state index is 13.1. The lowest BCUT2D eigenvalue weighted by atomic mass is 9.88. The zero-order valence-electron chi connectivity index (χ0n) is 12.7. The molecular formula is C16H21N3O2. The van der Waals surface area contributed by atoms with Gasteiger partial charge in [-0.1, -0.05) is 6.92 Å². The largest absolute Gasteiger partial charge is 0.340 e. The van der Waals surface area contributed by atoms with E-state index in [-0.39, 0.29) is 17.7 Å². The van der Waals surface area contributed by atoms with E-state index in [1.807, 2.05) is 32.9 Å². The molecule has 0 spiro atoms. The van der Waals surface area contributed by atoms with Gasteiger partial charge < -0.3 is 5.32 Å². The van der Waals surface area contributed by atoms with Gasteiger partial charge in [0.1, 0.15) is 11.6 Å². The van der Waals surface area contributed by atoms with Crippen LogP contribution in [0.25, 0.3) is 0 Å². The van der Waals surface area contributed by atoms with Gasteiger partial charge in [-0.25, -0.2) is 0 Å². The van der Waals surface area contributed by atoms with Crippen LogP contribution in [0.5, 0.6) is 0 Å². The van der Waals surface area contributed by atoms with E-state index in [0.29, 0.717) is 6.42 Å². The number of anilines is 1. The molecular weight excluding hydrogens is 266 g/mol. The molecule has 0 bridgehead atoms. The van der Waals surface area contributed by atoms with Crippen LogP contribution in [0.1, 0.15) is 38.8 Å². The summed E-state index contributed by atoms with van der Waals surface area (Å²) in [7, 11) is 0. The van der Waals surface area contributed by atoms with Gasteiger partial charge in [-0.15, -0.1) is 0 Å². The van der Waals surface area contributed by atoms with Crippen molar-refractivity contribution in [1.82, 2.24) is 10.3 Å². The molecule has 112 valence electrons. The van der Waals surface area contributed by atoms with E-state index in [1.54, 1.807) is 11.1 Å². The highest BCUT2D eigenvalue weighted by Crippen LogP contribution is 2.43. The zero-order valence-corrected chi connectivity index (χ0v) is 12.7. The van der Waals surface area contributed by atoms with E-state index < -0.39 is 11.6 Å². The molecule has 2 unspecified atom stereocenters. The summed E-state index contributed by atoms with van der Waals surface area (Å²) in [6, 6.07) is 3.23. The third-order valence-corrected chi connectivity index (χ3v) is 4.68. The molecule has 2 amide bonds. The lowest BCUT2D eigenvalue weighted by molar-refractivity contribution is -0.138. The quantitative estimate of drug-likeness (QED) is 0.922. The maximum atomic E-state index is 13.1. The smallest absolute Gasteiger partial charge is 0.253 e. The SMILES string of the molecule is CCC1C(=O)NC(C)(C2CC2)C(=O)N1c1cccnc1C. The molecule has 3 rings (SSSR count). The molecule has 0 aromatic carbocycles. The summed E-state index contributed by atoms with van der Waals surface area (Å²) in [6.07, 6.45) is 4.29. The monoisotopic (exact) mass is 287 g/mol. The normalized spacial score (nSPS) is 29.5. The van der Waals surface area contributed by atoms with Gasteiger partial charge in [0, 0.05) is 6.20 Å². The van der Waals surface area contributed by atoms with Crippen molar-refractivity contribution in [2.45, 2.75) is 51.6 Å². The summed E-state index contributed by atoms with van der Waals surface area (Å²) in [5.41, 5.74) is 0.749. The minimum Gasteiger partial charge on any atom is -0.340 e. The fraction of sp³-hybridized carbons (Fsp3) is 0.562. The van der Waals surface area contributed by atoms with Gasteiger partial charge in [-0.3, -0.25) is 19.5 Å². The number of aromatic nitrogens is 1. The van der Waals surface area contributed by atoms with E-state index in [9.17, 15) is 9.59 Å². The first-order valence-corrected chi connectivity index (χ1v) is 7.56. The van der Waals surface area contributed by atoms with E-state index >= 15 is 0 Å². The summed E-state index contributed by atoms with van der Waals surface area (Å²) < 4.78 is 0. The van der Waals surface area contributed by atoms with E-state index in [1.165, 1.54) is 0 Å². The first-order chi connectivity index (χ1) is 9.99. The first-order valence-electron chi connectivity index (χ1n) is 7.56. The number of nitrogens with zero attached hydrogens (tertiary/aromatic N) is 2. The van der Waals surface area contributed by atoms with Crippen molar-refractivity contribution >= 4 is 17.5 Å². The van der Waals surface area contributed by atoms with Crippen molar-refractivity contribution in [3.8, 4) is 0 Å². The Bertz CT molecular complexity index is 597. The topological polar surface area (TPSA) is 62.3 Å². The number of piperazine rings is 1. The van der Waals surface area contributed by atoms with Crippen molar-refractivity contribution < 1.29 is 9.59 Å². The van der Waals surface area contributed by atoms with Gasteiger partial charge in [0.2, 0.25) is 5.91 Å². The minimum absolute atomic E-state index is 0.00690. The number of rotatable bonds is 3. The highest BCUT2D eigenvalue weighted by atomic mass is 16.2. The van der Waals surface area contributed by atoms with Crippen LogP contribution < -0.4 is 10.2 Å². The molecule has 2 aliphatic rings. The Labute approximate surface area is 124 Å². The van der Waals surface area contributed by atoms with Crippen LogP contribution in [0.15, 0.2) is 18.3 Å². The molecule has 2 heterocycles. The number of carbonyl (C=O) groups is 2. The number of hydrogen-bond acceptors (Lipinski definition) is 3. The Morgan fingerprint density at radius 3 is 2.71 bits per heavy atom. The highest BCUT2D eigenvalue weighted by Gasteiger charge is 2.55. The van der Waals surface area contributed by atoms with Gasteiger partial charge in [-0.2, -0.15) is 0 Å². The fourth-order valence-electron chi connectivity index (χ4n) is 3.21. The Balaban J connectivity index is 2.07. The summed E-state index contributed by atoms with van der Waals surface area (Å²) in [4.78, 5) is 31.5. The van der Waals surface area contributed by atoms with Gasteiger partial charge >= 0.3 is 0 Å². The molecule has 5 nitrogen and oxygen atoms in total. The zero-order chi connectivity index (χ0) is 15.2. The van der Waals surface area contributed by atoms with E-state index in [4.69, 9.17) is 0 Å². The predicted octanol–water partition coefficient (Wildman–Crippen LogP) is 1.80. The second kappa shape index (κ2) is 4.83. The molecule has 1 saturated carbocycles. The maximum Gasteiger partial charge on any atom is 0.253 e. The second-order valence-corrected chi connectivity index (χ2v) is 6.17. The standard InChI is InChI=1S/C16H21N3O2/c1-4-12-14(20)18-16(3,11-7-8-11)15(21)19(12)13-6-5-9-17-10(13)2/h5-6,9,11-12H,4,7-8H2,1-3H3,(H,18,20). The van der Waals surface area contributed by atoms with Crippen LogP contribution in [0.4, 0.5) is 5.69 Å². The summed E-state index contributed by atoms with van der Waals surface area (Å²) in [5.74, 6) is 0.188. The average Bonchev–Trinajstić information content (AvgIpc) is 3.28. The predicted molar refractivity (Wildman–Crippen MR) is 79.8 cm³/mol. The molecule has 1 aromatic rings. The number of pyridine rings is 1. The van der Waals surface area contributed by atoms with Crippen molar-refractivity contribution in [1.29, 1.82) is 0 Å². The number of aryl methyl sites for hydroxylation is 1. The molecule has 1 aromatic heterocycles. The van der Waals surface area contributed by atoms with Crippen molar-refractivity contribution in [2.75, 3.05) is 4.90 Å². The van der Waals surface area contributed by atoms with Crippen LogP contribution >= 0.6 is 0 Å². The van der Waals surface area contributed by atoms with E-state index in [0.717, 1.165) is 24.2 Å². The molecule has 1 N–H and O–H groups in total. The average molecular weight is 287 g/mol. The molecule has 1 saturated heterocycles. The van der Waals surface area contributed by atoms with E-state index in [2.05, 4.69) is 10.3 Å². The van der Waals surface area contributed by atoms with Gasteiger partial charge in [-0.05, 0) is 51.2 Å².